The molecule has 0 bridgehead atoms. The van der Waals surface area contributed by atoms with E-state index in [4.69, 9.17) is 4.74 Å². The summed E-state index contributed by atoms with van der Waals surface area (Å²) in [5.74, 6) is 0. The van der Waals surface area contributed by atoms with Crippen molar-refractivity contribution in [2.75, 3.05) is 26.7 Å². The van der Waals surface area contributed by atoms with Gasteiger partial charge in [0.1, 0.15) is 0 Å². The van der Waals surface area contributed by atoms with Crippen LogP contribution < -0.4 is 10.6 Å². The highest BCUT2D eigenvalue weighted by molar-refractivity contribution is 7.11. The van der Waals surface area contributed by atoms with Gasteiger partial charge in [0, 0.05) is 25.0 Å². The maximum absolute atomic E-state index is 12.1. The quantitative estimate of drug-likeness (QED) is 0.784. The normalized spacial score (nSPS) is 11.7. The zero-order valence-corrected chi connectivity index (χ0v) is 14.5. The number of ether oxygens (including phenoxy) is 1. The molecule has 7 nitrogen and oxygen atoms in total. The number of hydrogen-bond acceptors (Lipinski definition) is 5. The second kappa shape index (κ2) is 8.57. The first kappa shape index (κ1) is 18.2. The number of alkyl carbamates (subject to hydrolysis) is 1. The number of amides is 3. The zero-order valence-electron chi connectivity index (χ0n) is 13.7. The van der Waals surface area contributed by atoms with Crippen molar-refractivity contribution < 1.29 is 14.3 Å². The van der Waals surface area contributed by atoms with Gasteiger partial charge in [-0.05, 0) is 27.7 Å². The molecule has 0 aliphatic rings. The summed E-state index contributed by atoms with van der Waals surface area (Å²) in [5.41, 5.74) is 0.957. The third kappa shape index (κ3) is 5.18. The molecule has 1 aromatic heterocycles. The van der Waals surface area contributed by atoms with Gasteiger partial charge in [0.25, 0.3) is 0 Å². The number of rotatable bonds is 6. The molecule has 1 atom stereocenters. The van der Waals surface area contributed by atoms with E-state index in [1.54, 1.807) is 30.2 Å². The van der Waals surface area contributed by atoms with E-state index in [9.17, 15) is 9.59 Å². The number of hydrogen-bond donors (Lipinski definition) is 2. The molecule has 0 unspecified atom stereocenters. The Morgan fingerprint density at radius 2 is 1.95 bits per heavy atom. The predicted molar refractivity (Wildman–Crippen MR) is 86.2 cm³/mol. The minimum absolute atomic E-state index is 0.0517. The van der Waals surface area contributed by atoms with E-state index in [1.165, 1.54) is 0 Å². The van der Waals surface area contributed by atoms with Crippen LogP contribution in [-0.2, 0) is 4.74 Å². The largest absolute Gasteiger partial charge is 0.450 e. The fraction of sp³-hybridized carbons (Fsp3) is 0.643. The van der Waals surface area contributed by atoms with Crippen LogP contribution in [0.4, 0.5) is 9.59 Å². The van der Waals surface area contributed by atoms with Crippen LogP contribution in [0.3, 0.4) is 0 Å². The number of nitrogens with zero attached hydrogens (tertiary/aromatic N) is 2. The van der Waals surface area contributed by atoms with Gasteiger partial charge in [0.2, 0.25) is 0 Å². The first-order chi connectivity index (χ1) is 10.4. The number of aromatic nitrogens is 1. The molecule has 124 valence electrons. The van der Waals surface area contributed by atoms with Crippen LogP contribution in [0, 0.1) is 13.8 Å². The molecule has 1 rings (SSSR count). The maximum atomic E-state index is 12.1. The minimum Gasteiger partial charge on any atom is -0.450 e. The van der Waals surface area contributed by atoms with Crippen LogP contribution >= 0.6 is 11.3 Å². The molecule has 8 heteroatoms. The first-order valence-electron chi connectivity index (χ1n) is 7.22. The lowest BCUT2D eigenvalue weighted by Gasteiger charge is -2.24. The standard InChI is InChI=1S/C14H24N4O3S/c1-6-21-14(20)16-8-7-15-13(19)18(5)10(3)12-9(2)17-11(4)22-12/h10H,6-8H2,1-5H3,(H,15,19)(H,16,20)/t10-/m1/s1. The topological polar surface area (TPSA) is 83.6 Å². The Balaban J connectivity index is 2.41. The van der Waals surface area contributed by atoms with E-state index in [0.29, 0.717) is 19.7 Å². The fourth-order valence-corrected chi connectivity index (χ4v) is 2.95. The third-order valence-corrected chi connectivity index (χ3v) is 4.41. The Kier molecular flexibility index (Phi) is 7.10. The second-order valence-corrected chi connectivity index (χ2v) is 6.08. The molecule has 0 aliphatic carbocycles. The highest BCUT2D eigenvalue weighted by Gasteiger charge is 2.21. The summed E-state index contributed by atoms with van der Waals surface area (Å²) in [7, 11) is 1.74. The average Bonchev–Trinajstić information content (AvgIpc) is 2.80. The molecule has 0 aliphatic heterocycles. The molecule has 0 aromatic carbocycles. The lowest BCUT2D eigenvalue weighted by Crippen LogP contribution is -2.42. The average molecular weight is 328 g/mol. The molecular formula is C14H24N4O3S. The van der Waals surface area contributed by atoms with Crippen molar-refractivity contribution in [3.63, 3.8) is 0 Å². The molecular weight excluding hydrogens is 304 g/mol. The van der Waals surface area contributed by atoms with Crippen molar-refractivity contribution in [3.05, 3.63) is 15.6 Å². The number of urea groups is 1. The summed E-state index contributed by atoms with van der Waals surface area (Å²) in [5, 5.41) is 6.30. The molecule has 22 heavy (non-hydrogen) atoms. The van der Waals surface area contributed by atoms with E-state index in [1.807, 2.05) is 20.8 Å². The lowest BCUT2D eigenvalue weighted by molar-refractivity contribution is 0.152. The molecule has 0 saturated heterocycles. The number of thiazole rings is 1. The van der Waals surface area contributed by atoms with Crippen LogP contribution in [0.2, 0.25) is 0 Å². The highest BCUT2D eigenvalue weighted by Crippen LogP contribution is 2.27. The SMILES string of the molecule is CCOC(=O)NCCNC(=O)N(C)[C@H](C)c1sc(C)nc1C. The van der Waals surface area contributed by atoms with Crippen LogP contribution in [-0.4, -0.2) is 48.8 Å². The zero-order chi connectivity index (χ0) is 16.7. The molecule has 1 aromatic rings. The van der Waals surface area contributed by atoms with Gasteiger partial charge in [0.05, 0.1) is 23.4 Å². The van der Waals surface area contributed by atoms with Crippen LogP contribution in [0.25, 0.3) is 0 Å². The summed E-state index contributed by atoms with van der Waals surface area (Å²) >= 11 is 1.60. The van der Waals surface area contributed by atoms with Gasteiger partial charge in [-0.1, -0.05) is 0 Å². The molecule has 0 saturated carbocycles. The third-order valence-electron chi connectivity index (χ3n) is 3.17. The van der Waals surface area contributed by atoms with Gasteiger partial charge >= 0.3 is 12.1 Å². The van der Waals surface area contributed by atoms with Gasteiger partial charge < -0.3 is 20.3 Å². The smallest absolute Gasteiger partial charge is 0.407 e. The van der Waals surface area contributed by atoms with Gasteiger partial charge in [-0.15, -0.1) is 11.3 Å². The van der Waals surface area contributed by atoms with Gasteiger partial charge in [0.15, 0.2) is 0 Å². The Labute approximate surface area is 135 Å². The summed E-state index contributed by atoms with van der Waals surface area (Å²) < 4.78 is 4.73. The summed E-state index contributed by atoms with van der Waals surface area (Å²) in [6, 6.07) is -0.243. The number of nitrogens with one attached hydrogen (secondary N) is 2. The van der Waals surface area contributed by atoms with Crippen molar-refractivity contribution in [1.82, 2.24) is 20.5 Å². The van der Waals surface area contributed by atoms with Crippen molar-refractivity contribution in [3.8, 4) is 0 Å². The van der Waals surface area contributed by atoms with Crippen molar-refractivity contribution >= 4 is 23.5 Å². The van der Waals surface area contributed by atoms with Gasteiger partial charge in [-0.2, -0.15) is 0 Å². The summed E-state index contributed by atoms with van der Waals surface area (Å²) in [4.78, 5) is 30.3. The molecule has 2 N–H and O–H groups in total. The second-order valence-electron chi connectivity index (χ2n) is 4.85. The first-order valence-corrected chi connectivity index (χ1v) is 8.03. The number of carbonyl (C=O) groups excluding carboxylic acids is 2. The minimum atomic E-state index is -0.478. The van der Waals surface area contributed by atoms with E-state index < -0.39 is 6.09 Å². The van der Waals surface area contributed by atoms with Crippen LogP contribution in [0.5, 0.6) is 0 Å². The highest BCUT2D eigenvalue weighted by atomic mass is 32.1. The van der Waals surface area contributed by atoms with E-state index in [2.05, 4.69) is 15.6 Å². The van der Waals surface area contributed by atoms with Gasteiger partial charge in [-0.3, -0.25) is 0 Å². The summed E-state index contributed by atoms with van der Waals surface area (Å²) in [6.07, 6.45) is -0.478. The number of aryl methyl sites for hydroxylation is 2. The monoisotopic (exact) mass is 328 g/mol. The maximum Gasteiger partial charge on any atom is 0.407 e. The Morgan fingerprint density at radius 1 is 1.32 bits per heavy atom. The molecule has 3 amide bonds. The fourth-order valence-electron chi connectivity index (χ4n) is 1.93. The Hall–Kier alpha value is -1.83. The molecule has 0 radical (unpaired) electrons. The van der Waals surface area contributed by atoms with E-state index >= 15 is 0 Å². The van der Waals surface area contributed by atoms with Crippen molar-refractivity contribution in [1.29, 1.82) is 0 Å². The molecule has 0 spiro atoms. The summed E-state index contributed by atoms with van der Waals surface area (Å²) in [6.45, 7) is 8.60. The predicted octanol–water partition coefficient (Wildman–Crippen LogP) is 2.21. The molecule has 1 heterocycles. The Morgan fingerprint density at radius 3 is 2.50 bits per heavy atom. The number of carbonyl (C=O) groups is 2. The van der Waals surface area contributed by atoms with Crippen LogP contribution in [0.15, 0.2) is 0 Å². The lowest BCUT2D eigenvalue weighted by atomic mass is 10.2. The molecule has 0 fully saturated rings. The van der Waals surface area contributed by atoms with E-state index in [-0.39, 0.29) is 12.1 Å². The van der Waals surface area contributed by atoms with Crippen molar-refractivity contribution in [2.45, 2.75) is 33.7 Å². The van der Waals surface area contributed by atoms with Crippen LogP contribution in [0.1, 0.15) is 35.5 Å². The van der Waals surface area contributed by atoms with E-state index in [0.717, 1.165) is 15.6 Å². The van der Waals surface area contributed by atoms with Gasteiger partial charge in [-0.25, -0.2) is 14.6 Å². The van der Waals surface area contributed by atoms with Crippen molar-refractivity contribution in [2.24, 2.45) is 0 Å². The Bertz CT molecular complexity index is 518.